The fourth-order valence-electron chi connectivity index (χ4n) is 1.57. The van der Waals surface area contributed by atoms with Crippen LogP contribution in [-0.4, -0.2) is 15.0 Å². The van der Waals surface area contributed by atoms with Gasteiger partial charge in [-0.25, -0.2) is 0 Å². The van der Waals surface area contributed by atoms with Crippen molar-refractivity contribution in [2.24, 2.45) is 18.8 Å². The second-order valence-corrected chi connectivity index (χ2v) is 3.68. The van der Waals surface area contributed by atoms with Gasteiger partial charge in [0.1, 0.15) is 0 Å². The van der Waals surface area contributed by atoms with Gasteiger partial charge in [-0.15, -0.1) is 5.10 Å². The van der Waals surface area contributed by atoms with E-state index in [1.165, 1.54) is 12.8 Å². The van der Waals surface area contributed by atoms with E-state index in [0.29, 0.717) is 0 Å². The molecule has 0 amide bonds. The Kier molecular flexibility index (Phi) is 2.28. The highest BCUT2D eigenvalue weighted by Gasteiger charge is 2.27. The topological polar surface area (TPSA) is 68.8 Å². The fraction of sp³-hybridized carbons (Fsp3) is 0.750. The minimum atomic E-state index is 0.201. The van der Waals surface area contributed by atoms with E-state index in [1.807, 2.05) is 7.05 Å². The second kappa shape index (κ2) is 3.43. The van der Waals surface area contributed by atoms with Gasteiger partial charge in [-0.2, -0.15) is 0 Å². The predicted octanol–water partition coefficient (Wildman–Crippen LogP) is 0.120. The van der Waals surface area contributed by atoms with E-state index in [0.717, 1.165) is 18.0 Å². The van der Waals surface area contributed by atoms with Gasteiger partial charge >= 0.3 is 0 Å². The van der Waals surface area contributed by atoms with Crippen molar-refractivity contribution in [1.82, 2.24) is 20.4 Å². The number of nitrogens with one attached hydrogen (secondary N) is 1. The molecule has 2 rings (SSSR count). The van der Waals surface area contributed by atoms with Crippen LogP contribution < -0.4 is 11.3 Å². The molecule has 0 aromatic carbocycles. The summed E-state index contributed by atoms with van der Waals surface area (Å²) >= 11 is 0. The third-order valence-corrected chi connectivity index (χ3v) is 2.57. The van der Waals surface area contributed by atoms with Gasteiger partial charge in [0.25, 0.3) is 0 Å². The maximum absolute atomic E-state index is 5.49. The first-order chi connectivity index (χ1) is 6.31. The van der Waals surface area contributed by atoms with Crippen LogP contribution in [0.3, 0.4) is 0 Å². The van der Waals surface area contributed by atoms with Crippen molar-refractivity contribution in [1.29, 1.82) is 0 Å². The summed E-state index contributed by atoms with van der Waals surface area (Å²) in [6.07, 6.45) is 5.54. The van der Waals surface area contributed by atoms with Crippen molar-refractivity contribution >= 4 is 0 Å². The molecule has 5 heteroatoms. The van der Waals surface area contributed by atoms with Crippen LogP contribution in [-0.2, 0) is 7.05 Å². The van der Waals surface area contributed by atoms with E-state index < -0.39 is 0 Å². The standard InChI is InChI=1S/C8H15N5/c1-13-8(5-10-12-13)7(11-9)4-6-2-3-6/h5-7,11H,2-4,9H2,1H3. The van der Waals surface area contributed by atoms with E-state index in [-0.39, 0.29) is 6.04 Å². The van der Waals surface area contributed by atoms with Crippen LogP contribution in [0, 0.1) is 5.92 Å². The Morgan fingerprint density at radius 2 is 2.54 bits per heavy atom. The average molecular weight is 181 g/mol. The fourth-order valence-corrected chi connectivity index (χ4v) is 1.57. The summed E-state index contributed by atoms with van der Waals surface area (Å²) in [5.74, 6) is 6.33. The molecule has 1 aromatic rings. The number of nitrogens with zero attached hydrogens (tertiary/aromatic N) is 3. The highest BCUT2D eigenvalue weighted by Crippen LogP contribution is 2.36. The van der Waals surface area contributed by atoms with Crippen LogP contribution in [0.1, 0.15) is 31.0 Å². The molecular weight excluding hydrogens is 166 g/mol. The largest absolute Gasteiger partial charge is 0.271 e. The SMILES string of the molecule is Cn1nncc1C(CC1CC1)NN. The lowest BCUT2D eigenvalue weighted by atomic mass is 10.1. The molecule has 1 heterocycles. The van der Waals surface area contributed by atoms with Crippen molar-refractivity contribution in [2.75, 3.05) is 0 Å². The first-order valence-electron chi connectivity index (χ1n) is 4.62. The van der Waals surface area contributed by atoms with Gasteiger partial charge in [-0.05, 0) is 12.3 Å². The zero-order valence-electron chi connectivity index (χ0n) is 7.77. The number of nitrogens with two attached hydrogens (primary N) is 1. The summed E-state index contributed by atoms with van der Waals surface area (Å²) in [5.41, 5.74) is 3.88. The smallest absolute Gasteiger partial charge is 0.0766 e. The van der Waals surface area contributed by atoms with Gasteiger partial charge in [-0.3, -0.25) is 16.0 Å². The summed E-state index contributed by atoms with van der Waals surface area (Å²) in [7, 11) is 1.89. The number of hydrogen-bond acceptors (Lipinski definition) is 4. The maximum atomic E-state index is 5.49. The van der Waals surface area contributed by atoms with Crippen LogP contribution in [0.5, 0.6) is 0 Å². The van der Waals surface area contributed by atoms with Crippen molar-refractivity contribution < 1.29 is 0 Å². The Bertz CT molecular complexity index is 278. The third kappa shape index (κ3) is 1.87. The zero-order valence-corrected chi connectivity index (χ0v) is 7.77. The van der Waals surface area contributed by atoms with Crippen LogP contribution in [0.15, 0.2) is 6.20 Å². The molecule has 72 valence electrons. The van der Waals surface area contributed by atoms with Crippen LogP contribution in [0.4, 0.5) is 0 Å². The predicted molar refractivity (Wildman–Crippen MR) is 48.4 cm³/mol. The Labute approximate surface area is 77.3 Å². The molecule has 1 aliphatic rings. The average Bonchev–Trinajstić information content (AvgIpc) is 2.85. The molecule has 1 fully saturated rings. The minimum Gasteiger partial charge on any atom is -0.271 e. The van der Waals surface area contributed by atoms with Gasteiger partial charge in [0, 0.05) is 7.05 Å². The Morgan fingerprint density at radius 1 is 1.77 bits per heavy atom. The monoisotopic (exact) mass is 181 g/mol. The van der Waals surface area contributed by atoms with E-state index in [9.17, 15) is 0 Å². The van der Waals surface area contributed by atoms with E-state index in [1.54, 1.807) is 10.9 Å². The lowest BCUT2D eigenvalue weighted by Gasteiger charge is -2.14. The molecule has 1 saturated carbocycles. The quantitative estimate of drug-likeness (QED) is 0.511. The van der Waals surface area contributed by atoms with Crippen LogP contribution >= 0.6 is 0 Å². The first-order valence-corrected chi connectivity index (χ1v) is 4.62. The summed E-state index contributed by atoms with van der Waals surface area (Å²) in [6.45, 7) is 0. The molecule has 0 aliphatic heterocycles. The molecule has 1 atom stereocenters. The number of hydrogen-bond donors (Lipinski definition) is 2. The molecule has 0 saturated heterocycles. The number of aromatic nitrogens is 3. The number of rotatable bonds is 4. The normalized spacial score (nSPS) is 18.9. The number of hydrazine groups is 1. The summed E-state index contributed by atoms with van der Waals surface area (Å²) in [6, 6.07) is 0.201. The highest BCUT2D eigenvalue weighted by atomic mass is 15.4. The van der Waals surface area contributed by atoms with Gasteiger partial charge in [-0.1, -0.05) is 18.1 Å². The van der Waals surface area contributed by atoms with Crippen LogP contribution in [0.2, 0.25) is 0 Å². The zero-order chi connectivity index (χ0) is 9.26. The molecule has 0 spiro atoms. The molecule has 13 heavy (non-hydrogen) atoms. The Balaban J connectivity index is 2.06. The maximum Gasteiger partial charge on any atom is 0.0766 e. The van der Waals surface area contributed by atoms with Gasteiger partial charge < -0.3 is 0 Å². The summed E-state index contributed by atoms with van der Waals surface area (Å²) in [4.78, 5) is 0. The van der Waals surface area contributed by atoms with E-state index in [4.69, 9.17) is 5.84 Å². The molecule has 1 unspecified atom stereocenters. The first kappa shape index (κ1) is 8.65. The molecule has 5 nitrogen and oxygen atoms in total. The third-order valence-electron chi connectivity index (χ3n) is 2.57. The van der Waals surface area contributed by atoms with Crippen molar-refractivity contribution in [2.45, 2.75) is 25.3 Å². The van der Waals surface area contributed by atoms with Gasteiger partial charge in [0.15, 0.2) is 0 Å². The summed E-state index contributed by atoms with van der Waals surface area (Å²) < 4.78 is 1.77. The lowest BCUT2D eigenvalue weighted by Crippen LogP contribution is -2.29. The highest BCUT2D eigenvalue weighted by molar-refractivity contribution is 5.02. The van der Waals surface area contributed by atoms with E-state index >= 15 is 0 Å². The van der Waals surface area contributed by atoms with Crippen molar-refractivity contribution in [3.8, 4) is 0 Å². The van der Waals surface area contributed by atoms with Crippen molar-refractivity contribution in [3.63, 3.8) is 0 Å². The number of aryl methyl sites for hydroxylation is 1. The Hall–Kier alpha value is -0.940. The lowest BCUT2D eigenvalue weighted by molar-refractivity contribution is 0.456. The van der Waals surface area contributed by atoms with Crippen molar-refractivity contribution in [3.05, 3.63) is 11.9 Å². The minimum absolute atomic E-state index is 0.201. The summed E-state index contributed by atoms with van der Waals surface area (Å²) in [5, 5.41) is 7.72. The van der Waals surface area contributed by atoms with Gasteiger partial charge in [0.05, 0.1) is 17.9 Å². The van der Waals surface area contributed by atoms with Gasteiger partial charge in [0.2, 0.25) is 0 Å². The Morgan fingerprint density at radius 3 is 3.00 bits per heavy atom. The molecule has 0 radical (unpaired) electrons. The molecular formula is C8H15N5. The second-order valence-electron chi connectivity index (χ2n) is 3.68. The molecule has 0 bridgehead atoms. The molecule has 1 aromatic heterocycles. The van der Waals surface area contributed by atoms with E-state index in [2.05, 4.69) is 15.7 Å². The van der Waals surface area contributed by atoms with Crippen LogP contribution in [0.25, 0.3) is 0 Å². The molecule has 1 aliphatic carbocycles. The molecule has 3 N–H and O–H groups in total.